The molecule has 0 N–H and O–H groups in total. The van der Waals surface area contributed by atoms with Gasteiger partial charge in [0.1, 0.15) is 5.75 Å². The van der Waals surface area contributed by atoms with E-state index >= 15 is 0 Å². The summed E-state index contributed by atoms with van der Waals surface area (Å²) in [7, 11) is 0. The van der Waals surface area contributed by atoms with Crippen LogP contribution in [0.25, 0.3) is 0 Å². The third-order valence-electron chi connectivity index (χ3n) is 4.80. The summed E-state index contributed by atoms with van der Waals surface area (Å²) in [5, 5.41) is 0. The van der Waals surface area contributed by atoms with Crippen LogP contribution in [0.2, 0.25) is 0 Å². The molecule has 1 aromatic rings. The number of carbonyl (C=O) groups excluding carboxylic acids is 2. The van der Waals surface area contributed by atoms with Gasteiger partial charge in [-0.25, -0.2) is 0 Å². The molecule has 1 aromatic carbocycles. The van der Waals surface area contributed by atoms with Crippen LogP contribution >= 0.6 is 0 Å². The van der Waals surface area contributed by atoms with E-state index < -0.39 is 6.36 Å². The first-order chi connectivity index (χ1) is 10.8. The highest BCUT2D eigenvalue weighted by Gasteiger charge is 2.59. The van der Waals surface area contributed by atoms with Crippen LogP contribution in [-0.4, -0.2) is 18.2 Å². The van der Waals surface area contributed by atoms with Crippen LogP contribution in [0, 0.1) is 23.7 Å². The molecule has 1 heterocycles. The molecule has 7 heteroatoms. The number of alkyl halides is 3. The van der Waals surface area contributed by atoms with Crippen LogP contribution in [0.15, 0.2) is 36.4 Å². The Labute approximate surface area is 129 Å². The molecule has 120 valence electrons. The van der Waals surface area contributed by atoms with E-state index in [0.717, 1.165) is 23.5 Å². The lowest BCUT2D eigenvalue weighted by Gasteiger charge is -2.18. The molecule has 23 heavy (non-hydrogen) atoms. The summed E-state index contributed by atoms with van der Waals surface area (Å²) in [5.74, 6) is -1.38. The van der Waals surface area contributed by atoms with Gasteiger partial charge < -0.3 is 4.74 Å². The number of fused-ring (bicyclic) bond motifs is 5. The lowest BCUT2D eigenvalue weighted by molar-refractivity contribution is -0.274. The van der Waals surface area contributed by atoms with E-state index in [4.69, 9.17) is 0 Å². The zero-order valence-electron chi connectivity index (χ0n) is 11.8. The maximum atomic E-state index is 12.6. The van der Waals surface area contributed by atoms with Gasteiger partial charge in [0.15, 0.2) is 0 Å². The Hall–Kier alpha value is -2.31. The predicted octanol–water partition coefficient (Wildman–Crippen LogP) is 2.90. The first kappa shape index (κ1) is 14.3. The number of allylic oxidation sites excluding steroid dienone is 2. The predicted molar refractivity (Wildman–Crippen MR) is 73.3 cm³/mol. The molecule has 0 unspecified atom stereocenters. The van der Waals surface area contributed by atoms with Crippen LogP contribution in [0.5, 0.6) is 5.75 Å². The number of nitrogens with zero attached hydrogens (tertiary/aromatic N) is 1. The third kappa shape index (κ3) is 2.14. The van der Waals surface area contributed by atoms with Gasteiger partial charge in [0.05, 0.1) is 17.5 Å². The van der Waals surface area contributed by atoms with Crippen molar-refractivity contribution in [1.29, 1.82) is 0 Å². The van der Waals surface area contributed by atoms with Crippen LogP contribution in [0.4, 0.5) is 18.9 Å². The van der Waals surface area contributed by atoms with Crippen molar-refractivity contribution in [2.75, 3.05) is 4.90 Å². The van der Waals surface area contributed by atoms with Gasteiger partial charge in [-0.05, 0) is 42.5 Å². The molecule has 2 amide bonds. The van der Waals surface area contributed by atoms with Crippen molar-refractivity contribution >= 4 is 17.5 Å². The van der Waals surface area contributed by atoms with Gasteiger partial charge in [-0.1, -0.05) is 12.2 Å². The van der Waals surface area contributed by atoms with E-state index in [2.05, 4.69) is 4.74 Å². The molecule has 2 bridgehead atoms. The second-order valence-electron chi connectivity index (χ2n) is 6.05. The SMILES string of the molecule is O=C1[C@@H]2[C@@H](C(=O)N1c1ccc(OC(F)(F)F)cc1)[C@H]1C=C[C@H]2C1. The molecule has 1 aliphatic heterocycles. The molecule has 4 nitrogen and oxygen atoms in total. The van der Waals surface area contributed by atoms with Gasteiger partial charge in [0.25, 0.3) is 0 Å². The minimum Gasteiger partial charge on any atom is -0.406 e. The van der Waals surface area contributed by atoms with Gasteiger partial charge in [-0.3, -0.25) is 14.5 Å². The van der Waals surface area contributed by atoms with Gasteiger partial charge in [0.2, 0.25) is 11.8 Å². The second-order valence-corrected chi connectivity index (χ2v) is 6.05. The molecule has 0 spiro atoms. The lowest BCUT2D eigenvalue weighted by Crippen LogP contribution is -2.32. The average molecular weight is 323 g/mol. The molecule has 4 rings (SSSR count). The van der Waals surface area contributed by atoms with Crippen LogP contribution in [0.1, 0.15) is 6.42 Å². The first-order valence-corrected chi connectivity index (χ1v) is 7.27. The Balaban J connectivity index is 1.59. The minimum absolute atomic E-state index is 0.0966. The number of ether oxygens (including phenoxy) is 1. The Morgan fingerprint density at radius 1 is 0.957 bits per heavy atom. The molecule has 3 aliphatic rings. The molecule has 0 aromatic heterocycles. The molecular weight excluding hydrogens is 311 g/mol. The summed E-state index contributed by atoms with van der Waals surface area (Å²) >= 11 is 0. The van der Waals surface area contributed by atoms with E-state index in [1.165, 1.54) is 12.1 Å². The van der Waals surface area contributed by atoms with Crippen LogP contribution in [-0.2, 0) is 9.59 Å². The lowest BCUT2D eigenvalue weighted by atomic mass is 9.85. The van der Waals surface area contributed by atoms with Gasteiger partial charge in [-0.2, -0.15) is 0 Å². The summed E-state index contributed by atoms with van der Waals surface area (Å²) < 4.78 is 40.3. The topological polar surface area (TPSA) is 46.6 Å². The van der Waals surface area contributed by atoms with Crippen molar-refractivity contribution in [2.45, 2.75) is 12.8 Å². The van der Waals surface area contributed by atoms with Crippen molar-refractivity contribution in [3.8, 4) is 5.75 Å². The number of rotatable bonds is 2. The average Bonchev–Trinajstić information content (AvgIpc) is 3.13. The van der Waals surface area contributed by atoms with Crippen molar-refractivity contribution in [2.24, 2.45) is 23.7 Å². The molecule has 0 radical (unpaired) electrons. The zero-order chi connectivity index (χ0) is 16.4. The van der Waals surface area contributed by atoms with Crippen molar-refractivity contribution in [3.05, 3.63) is 36.4 Å². The molecular formula is C16H12F3NO3. The monoisotopic (exact) mass is 323 g/mol. The molecule has 4 atom stereocenters. The smallest absolute Gasteiger partial charge is 0.406 e. The third-order valence-corrected chi connectivity index (χ3v) is 4.80. The number of amides is 2. The van der Waals surface area contributed by atoms with Crippen molar-refractivity contribution in [3.63, 3.8) is 0 Å². The molecule has 1 saturated carbocycles. The van der Waals surface area contributed by atoms with Gasteiger partial charge >= 0.3 is 6.36 Å². The largest absolute Gasteiger partial charge is 0.573 e. The van der Waals surface area contributed by atoms with E-state index in [-0.39, 0.29) is 46.9 Å². The minimum atomic E-state index is -4.78. The number of halogens is 3. The van der Waals surface area contributed by atoms with Crippen molar-refractivity contribution in [1.82, 2.24) is 0 Å². The second kappa shape index (κ2) is 4.59. The fraction of sp³-hybridized carbons (Fsp3) is 0.375. The van der Waals surface area contributed by atoms with E-state index in [0.29, 0.717) is 0 Å². The highest BCUT2D eigenvalue weighted by atomic mass is 19.4. The summed E-state index contributed by atoms with van der Waals surface area (Å²) in [6.45, 7) is 0. The number of carbonyl (C=O) groups is 2. The fourth-order valence-corrected chi connectivity index (χ4v) is 3.95. The highest BCUT2D eigenvalue weighted by Crippen LogP contribution is 2.53. The number of benzene rings is 1. The normalized spacial score (nSPS) is 31.9. The first-order valence-electron chi connectivity index (χ1n) is 7.27. The number of hydrogen-bond acceptors (Lipinski definition) is 3. The Morgan fingerprint density at radius 2 is 1.48 bits per heavy atom. The van der Waals surface area contributed by atoms with Gasteiger partial charge in [-0.15, -0.1) is 13.2 Å². The molecule has 1 saturated heterocycles. The van der Waals surface area contributed by atoms with E-state index in [1.54, 1.807) is 0 Å². The summed E-state index contributed by atoms with van der Waals surface area (Å²) in [5.41, 5.74) is 0.281. The Bertz CT molecular complexity index is 680. The summed E-state index contributed by atoms with van der Waals surface area (Å²) in [4.78, 5) is 26.2. The number of hydrogen-bond donors (Lipinski definition) is 0. The fourth-order valence-electron chi connectivity index (χ4n) is 3.95. The number of anilines is 1. The maximum Gasteiger partial charge on any atom is 0.573 e. The van der Waals surface area contributed by atoms with Gasteiger partial charge in [0, 0.05) is 0 Å². The molecule has 2 aliphatic carbocycles. The van der Waals surface area contributed by atoms with Crippen LogP contribution < -0.4 is 9.64 Å². The standard InChI is InChI=1S/C16H12F3NO3/c17-16(18,19)23-11-5-3-10(4-6-11)20-14(21)12-8-1-2-9(7-8)13(12)15(20)22/h1-6,8-9,12-13H,7H2/t8-,9-,12-,13-/m0/s1. The van der Waals surface area contributed by atoms with E-state index in [9.17, 15) is 22.8 Å². The number of imide groups is 1. The Morgan fingerprint density at radius 3 is 1.96 bits per heavy atom. The van der Waals surface area contributed by atoms with E-state index in [1.807, 2.05) is 12.2 Å². The van der Waals surface area contributed by atoms with Crippen LogP contribution in [0.3, 0.4) is 0 Å². The molecule has 2 fully saturated rings. The quantitative estimate of drug-likeness (QED) is 0.621. The summed E-state index contributed by atoms with van der Waals surface area (Å²) in [6.07, 6.45) is 0.0310. The zero-order valence-corrected chi connectivity index (χ0v) is 11.8. The van der Waals surface area contributed by atoms with Crippen molar-refractivity contribution < 1.29 is 27.5 Å². The highest BCUT2D eigenvalue weighted by molar-refractivity contribution is 6.22. The summed E-state index contributed by atoms with van der Waals surface area (Å²) in [6, 6.07) is 4.80. The Kier molecular flexibility index (Phi) is 2.86. The maximum absolute atomic E-state index is 12.6.